The minimum absolute atomic E-state index is 0.186. The van der Waals surface area contributed by atoms with Crippen LogP contribution in [0.5, 0.6) is 0 Å². The Bertz CT molecular complexity index is 425. The Hall–Kier alpha value is -1.39. The standard InChI is InChI=1S/C20H32O4/c1-2-3-4-5-6-7-8-9-10-11-14-17(21)15-12-13-16-18-19(24-18)20(22)23/h6-7,9-10,12-13,17-19,21H,2-5,8,11,14-16H2,1H3,(H,22,23)/t17-,18+,19-/m1/s1. The molecule has 0 amide bonds. The molecular weight excluding hydrogens is 304 g/mol. The molecule has 0 aromatic carbocycles. The van der Waals surface area contributed by atoms with Gasteiger partial charge in [0.1, 0.15) is 0 Å². The van der Waals surface area contributed by atoms with Crippen LogP contribution < -0.4 is 0 Å². The highest BCUT2D eigenvalue weighted by atomic mass is 16.6. The van der Waals surface area contributed by atoms with Crippen LogP contribution in [-0.4, -0.2) is 34.5 Å². The molecule has 0 saturated carbocycles. The van der Waals surface area contributed by atoms with E-state index >= 15 is 0 Å². The lowest BCUT2D eigenvalue weighted by Crippen LogP contribution is -2.07. The molecule has 1 saturated heterocycles. The Morgan fingerprint density at radius 2 is 1.83 bits per heavy atom. The Labute approximate surface area is 145 Å². The quantitative estimate of drug-likeness (QED) is 0.280. The first-order valence-corrected chi connectivity index (χ1v) is 9.16. The Morgan fingerprint density at radius 1 is 1.08 bits per heavy atom. The third-order valence-electron chi connectivity index (χ3n) is 4.02. The molecule has 0 radical (unpaired) electrons. The second-order valence-electron chi connectivity index (χ2n) is 6.28. The number of aliphatic carboxylic acids is 1. The molecule has 1 fully saturated rings. The lowest BCUT2D eigenvalue weighted by Gasteiger charge is -2.04. The highest BCUT2D eigenvalue weighted by Gasteiger charge is 2.43. The summed E-state index contributed by atoms with van der Waals surface area (Å²) in [6, 6.07) is 0. The van der Waals surface area contributed by atoms with Gasteiger partial charge in [-0.05, 0) is 44.9 Å². The molecule has 4 heteroatoms. The summed E-state index contributed by atoms with van der Waals surface area (Å²) in [6.45, 7) is 2.22. The molecule has 24 heavy (non-hydrogen) atoms. The highest BCUT2D eigenvalue weighted by Crippen LogP contribution is 2.25. The van der Waals surface area contributed by atoms with E-state index in [1.54, 1.807) is 0 Å². The number of allylic oxidation sites excluding steroid dienone is 4. The Morgan fingerprint density at radius 3 is 2.50 bits per heavy atom. The van der Waals surface area contributed by atoms with E-state index in [0.717, 1.165) is 19.3 Å². The van der Waals surface area contributed by atoms with Crippen molar-refractivity contribution < 1.29 is 19.7 Å². The third-order valence-corrected chi connectivity index (χ3v) is 4.02. The van der Waals surface area contributed by atoms with E-state index < -0.39 is 12.1 Å². The van der Waals surface area contributed by atoms with Gasteiger partial charge in [-0.25, -0.2) is 4.79 Å². The molecule has 2 N–H and O–H groups in total. The number of carboxylic acids is 1. The number of unbranched alkanes of at least 4 members (excludes halogenated alkanes) is 3. The van der Waals surface area contributed by atoms with Crippen LogP contribution in [0.15, 0.2) is 36.5 Å². The SMILES string of the molecule is CCCCCC=CCC=CCC[C@@H](O)CC=CC[C@@H]1O[C@H]1C(=O)O. The fourth-order valence-electron chi connectivity index (χ4n) is 2.45. The van der Waals surface area contributed by atoms with Crippen molar-refractivity contribution in [3.8, 4) is 0 Å². The normalized spacial score (nSPS) is 21.9. The smallest absolute Gasteiger partial charge is 0.335 e. The van der Waals surface area contributed by atoms with Crippen molar-refractivity contribution in [1.29, 1.82) is 0 Å². The fourth-order valence-corrected chi connectivity index (χ4v) is 2.45. The van der Waals surface area contributed by atoms with Gasteiger partial charge in [0.05, 0.1) is 12.2 Å². The van der Waals surface area contributed by atoms with Gasteiger partial charge in [0.2, 0.25) is 0 Å². The number of aliphatic hydroxyl groups excluding tert-OH is 1. The summed E-state index contributed by atoms with van der Waals surface area (Å²) in [4.78, 5) is 10.6. The molecule has 1 rings (SSSR count). The zero-order valence-corrected chi connectivity index (χ0v) is 14.8. The summed E-state index contributed by atoms with van der Waals surface area (Å²) in [5.41, 5.74) is 0. The van der Waals surface area contributed by atoms with Gasteiger partial charge in [-0.3, -0.25) is 0 Å². The molecule has 0 bridgehead atoms. The first kappa shape index (κ1) is 20.7. The van der Waals surface area contributed by atoms with Crippen LogP contribution in [0.25, 0.3) is 0 Å². The maximum absolute atomic E-state index is 10.6. The summed E-state index contributed by atoms with van der Waals surface area (Å²) in [5.74, 6) is -0.893. The van der Waals surface area contributed by atoms with Crippen molar-refractivity contribution in [3.05, 3.63) is 36.5 Å². The first-order chi connectivity index (χ1) is 11.6. The topological polar surface area (TPSA) is 70.1 Å². The Balaban J connectivity index is 1.95. The second kappa shape index (κ2) is 13.0. The van der Waals surface area contributed by atoms with Crippen LogP contribution in [-0.2, 0) is 9.53 Å². The number of epoxide rings is 1. The summed E-state index contributed by atoms with van der Waals surface area (Å²) in [6.07, 6.45) is 20.2. The number of carbonyl (C=O) groups is 1. The van der Waals surface area contributed by atoms with Crippen molar-refractivity contribution >= 4 is 5.97 Å². The maximum Gasteiger partial charge on any atom is 0.335 e. The number of hydrogen-bond donors (Lipinski definition) is 2. The van der Waals surface area contributed by atoms with E-state index in [2.05, 4.69) is 31.2 Å². The summed E-state index contributed by atoms with van der Waals surface area (Å²) >= 11 is 0. The predicted molar refractivity (Wildman–Crippen MR) is 97.0 cm³/mol. The molecule has 1 heterocycles. The van der Waals surface area contributed by atoms with E-state index in [-0.39, 0.29) is 12.2 Å². The molecule has 4 nitrogen and oxygen atoms in total. The minimum Gasteiger partial charge on any atom is -0.479 e. The molecule has 3 atom stereocenters. The van der Waals surface area contributed by atoms with E-state index in [9.17, 15) is 9.90 Å². The molecule has 1 aliphatic heterocycles. The van der Waals surface area contributed by atoms with Crippen LogP contribution >= 0.6 is 0 Å². The van der Waals surface area contributed by atoms with Gasteiger partial charge in [-0.2, -0.15) is 0 Å². The molecule has 0 unspecified atom stereocenters. The van der Waals surface area contributed by atoms with Crippen molar-refractivity contribution in [2.45, 2.75) is 83.0 Å². The van der Waals surface area contributed by atoms with E-state index in [0.29, 0.717) is 12.8 Å². The van der Waals surface area contributed by atoms with Gasteiger partial charge in [-0.15, -0.1) is 0 Å². The van der Waals surface area contributed by atoms with Gasteiger partial charge in [0, 0.05) is 0 Å². The molecule has 1 aliphatic rings. The van der Waals surface area contributed by atoms with Crippen LogP contribution in [0.2, 0.25) is 0 Å². The minimum atomic E-state index is -0.893. The zero-order chi connectivity index (χ0) is 17.6. The molecule has 0 aliphatic carbocycles. The van der Waals surface area contributed by atoms with Crippen LogP contribution in [0.1, 0.15) is 64.7 Å². The highest BCUT2D eigenvalue weighted by molar-refractivity contribution is 5.75. The number of aliphatic hydroxyl groups is 1. The average molecular weight is 336 g/mol. The second-order valence-corrected chi connectivity index (χ2v) is 6.28. The van der Waals surface area contributed by atoms with Gasteiger partial charge in [-0.1, -0.05) is 56.2 Å². The third kappa shape index (κ3) is 10.4. The van der Waals surface area contributed by atoms with Crippen LogP contribution in [0.3, 0.4) is 0 Å². The van der Waals surface area contributed by atoms with Gasteiger partial charge in [0.25, 0.3) is 0 Å². The zero-order valence-electron chi connectivity index (χ0n) is 14.8. The van der Waals surface area contributed by atoms with Crippen molar-refractivity contribution in [2.75, 3.05) is 0 Å². The number of hydrogen-bond acceptors (Lipinski definition) is 3. The molecule has 0 aromatic heterocycles. The molecule has 0 aromatic rings. The number of rotatable bonds is 14. The lowest BCUT2D eigenvalue weighted by molar-refractivity contribution is -0.138. The van der Waals surface area contributed by atoms with E-state index in [1.165, 1.54) is 25.7 Å². The maximum atomic E-state index is 10.6. The molecular formula is C20H32O4. The summed E-state index contributed by atoms with van der Waals surface area (Å²) in [7, 11) is 0. The van der Waals surface area contributed by atoms with Gasteiger partial charge >= 0.3 is 5.97 Å². The summed E-state index contributed by atoms with van der Waals surface area (Å²) < 4.78 is 5.00. The summed E-state index contributed by atoms with van der Waals surface area (Å²) in [5, 5.41) is 18.6. The predicted octanol–water partition coefficient (Wildman–Crippen LogP) is 4.40. The lowest BCUT2D eigenvalue weighted by atomic mass is 10.1. The van der Waals surface area contributed by atoms with Gasteiger partial charge in [0.15, 0.2) is 6.10 Å². The van der Waals surface area contributed by atoms with Crippen molar-refractivity contribution in [3.63, 3.8) is 0 Å². The molecule has 0 spiro atoms. The van der Waals surface area contributed by atoms with Gasteiger partial charge < -0.3 is 14.9 Å². The molecule has 136 valence electrons. The van der Waals surface area contributed by atoms with Crippen LogP contribution in [0, 0.1) is 0 Å². The number of ether oxygens (including phenoxy) is 1. The van der Waals surface area contributed by atoms with Crippen molar-refractivity contribution in [2.24, 2.45) is 0 Å². The van der Waals surface area contributed by atoms with E-state index in [1.807, 2.05) is 12.2 Å². The first-order valence-electron chi connectivity index (χ1n) is 9.16. The van der Waals surface area contributed by atoms with Crippen LogP contribution in [0.4, 0.5) is 0 Å². The average Bonchev–Trinajstić information content (AvgIpc) is 3.33. The van der Waals surface area contributed by atoms with E-state index in [4.69, 9.17) is 9.84 Å². The number of carboxylic acid groups (broad SMARTS) is 1. The fraction of sp³-hybridized carbons (Fsp3) is 0.650. The Kier molecular flexibility index (Phi) is 11.2. The monoisotopic (exact) mass is 336 g/mol. The largest absolute Gasteiger partial charge is 0.479 e. The van der Waals surface area contributed by atoms with Crippen molar-refractivity contribution in [1.82, 2.24) is 0 Å².